The van der Waals surface area contributed by atoms with Crippen LogP contribution < -0.4 is 10.0 Å². The van der Waals surface area contributed by atoms with Gasteiger partial charge in [-0.3, -0.25) is 4.72 Å². The molecule has 0 aliphatic carbocycles. The van der Waals surface area contributed by atoms with Crippen molar-refractivity contribution in [1.29, 1.82) is 0 Å². The zero-order valence-electron chi connectivity index (χ0n) is 10.2. The van der Waals surface area contributed by atoms with Gasteiger partial charge in [-0.05, 0) is 18.4 Å². The van der Waals surface area contributed by atoms with Gasteiger partial charge in [0.15, 0.2) is 0 Å². The van der Waals surface area contributed by atoms with Crippen molar-refractivity contribution in [2.24, 2.45) is 0 Å². The number of nitrogens with one attached hydrogen (secondary N) is 2. The number of para-hydroxylation sites is 1. The van der Waals surface area contributed by atoms with Crippen LogP contribution in [0.15, 0.2) is 29.2 Å². The van der Waals surface area contributed by atoms with Crippen molar-refractivity contribution < 1.29 is 8.42 Å². The first-order valence-corrected chi connectivity index (χ1v) is 8.41. The maximum atomic E-state index is 12.2. The number of thioether (sulfide) groups is 1. The molecule has 1 aliphatic rings. The molecule has 7 heteroatoms. The van der Waals surface area contributed by atoms with Crippen LogP contribution in [0.25, 0.3) is 0 Å². The second-order valence-corrected chi connectivity index (χ2v) is 6.48. The molecule has 1 saturated heterocycles. The molecule has 2 N–H and O–H groups in total. The number of benzene rings is 1. The Labute approximate surface area is 112 Å². The van der Waals surface area contributed by atoms with Gasteiger partial charge in [-0.2, -0.15) is 12.7 Å². The minimum absolute atomic E-state index is 0.511. The predicted octanol–water partition coefficient (Wildman–Crippen LogP) is 0.970. The molecule has 100 valence electrons. The summed E-state index contributed by atoms with van der Waals surface area (Å²) in [7, 11) is -3.44. The Balaban J connectivity index is 2.16. The highest BCUT2D eigenvalue weighted by Crippen LogP contribution is 2.26. The predicted molar refractivity (Wildman–Crippen MR) is 75.2 cm³/mol. The number of anilines is 1. The molecule has 0 bridgehead atoms. The van der Waals surface area contributed by atoms with E-state index in [1.165, 1.54) is 16.1 Å². The first kappa shape index (κ1) is 13.7. The molecular weight excluding hydrogens is 270 g/mol. The van der Waals surface area contributed by atoms with Crippen LogP contribution in [0.4, 0.5) is 5.69 Å². The fraction of sp³-hybridized carbons (Fsp3) is 0.455. The summed E-state index contributed by atoms with van der Waals surface area (Å²) in [4.78, 5) is 0.927. The van der Waals surface area contributed by atoms with Crippen LogP contribution >= 0.6 is 11.8 Å². The van der Waals surface area contributed by atoms with Gasteiger partial charge in [-0.15, -0.1) is 11.8 Å². The SMILES string of the molecule is CSc1ccccc1NS(=O)(=O)N1CCNCC1. The molecule has 1 fully saturated rings. The van der Waals surface area contributed by atoms with E-state index in [1.807, 2.05) is 24.5 Å². The Morgan fingerprint density at radius 2 is 1.94 bits per heavy atom. The van der Waals surface area contributed by atoms with Gasteiger partial charge in [0.2, 0.25) is 0 Å². The smallest absolute Gasteiger partial charge is 0.301 e. The highest BCUT2D eigenvalue weighted by molar-refractivity contribution is 7.98. The van der Waals surface area contributed by atoms with Gasteiger partial charge in [0.25, 0.3) is 0 Å². The van der Waals surface area contributed by atoms with E-state index in [0.717, 1.165) is 4.90 Å². The Kier molecular flexibility index (Phi) is 4.50. The van der Waals surface area contributed by atoms with E-state index in [-0.39, 0.29) is 0 Å². The molecule has 0 radical (unpaired) electrons. The third-order valence-electron chi connectivity index (χ3n) is 2.76. The second kappa shape index (κ2) is 5.92. The lowest BCUT2D eigenvalue weighted by Gasteiger charge is -2.27. The van der Waals surface area contributed by atoms with E-state index in [4.69, 9.17) is 0 Å². The van der Waals surface area contributed by atoms with Crippen molar-refractivity contribution in [3.05, 3.63) is 24.3 Å². The topological polar surface area (TPSA) is 61.4 Å². The van der Waals surface area contributed by atoms with Gasteiger partial charge >= 0.3 is 10.2 Å². The van der Waals surface area contributed by atoms with Crippen molar-refractivity contribution in [2.45, 2.75) is 4.90 Å². The molecule has 5 nitrogen and oxygen atoms in total. The Morgan fingerprint density at radius 3 is 2.61 bits per heavy atom. The van der Waals surface area contributed by atoms with Crippen LogP contribution in [0.5, 0.6) is 0 Å². The minimum Gasteiger partial charge on any atom is -0.314 e. The van der Waals surface area contributed by atoms with Crippen LogP contribution in [0.1, 0.15) is 0 Å². The summed E-state index contributed by atoms with van der Waals surface area (Å²) in [5, 5.41) is 3.14. The zero-order valence-corrected chi connectivity index (χ0v) is 11.9. The van der Waals surface area contributed by atoms with Crippen molar-refractivity contribution in [1.82, 2.24) is 9.62 Å². The molecule has 1 aromatic carbocycles. The van der Waals surface area contributed by atoms with Crippen molar-refractivity contribution in [3.63, 3.8) is 0 Å². The molecule has 1 heterocycles. The van der Waals surface area contributed by atoms with Crippen LogP contribution in [-0.2, 0) is 10.2 Å². The number of nitrogens with zero attached hydrogens (tertiary/aromatic N) is 1. The van der Waals surface area contributed by atoms with Crippen LogP contribution in [0, 0.1) is 0 Å². The number of hydrogen-bond donors (Lipinski definition) is 2. The summed E-state index contributed by atoms with van der Waals surface area (Å²) in [5.41, 5.74) is 0.642. The maximum Gasteiger partial charge on any atom is 0.301 e. The summed E-state index contributed by atoms with van der Waals surface area (Å²) in [5.74, 6) is 0. The van der Waals surface area contributed by atoms with Gasteiger partial charge in [0.05, 0.1) is 5.69 Å². The summed E-state index contributed by atoms with van der Waals surface area (Å²) in [6, 6.07) is 7.41. The molecule has 0 spiro atoms. The molecule has 0 unspecified atom stereocenters. The molecular formula is C11H17N3O2S2. The summed E-state index contributed by atoms with van der Waals surface area (Å²) < 4.78 is 28.5. The largest absolute Gasteiger partial charge is 0.314 e. The van der Waals surface area contributed by atoms with Gasteiger partial charge in [-0.25, -0.2) is 0 Å². The van der Waals surface area contributed by atoms with Crippen molar-refractivity contribution in [2.75, 3.05) is 37.2 Å². The Bertz CT molecular complexity index is 499. The third kappa shape index (κ3) is 3.17. The van der Waals surface area contributed by atoms with Crippen molar-refractivity contribution >= 4 is 27.7 Å². The first-order valence-electron chi connectivity index (χ1n) is 5.75. The van der Waals surface area contributed by atoms with Crippen LogP contribution in [0.2, 0.25) is 0 Å². The first-order chi connectivity index (χ1) is 8.63. The minimum atomic E-state index is -3.44. The summed E-state index contributed by atoms with van der Waals surface area (Å²) in [6.45, 7) is 2.42. The van der Waals surface area contributed by atoms with E-state index in [1.54, 1.807) is 6.07 Å². The number of piperazine rings is 1. The average molecular weight is 287 g/mol. The average Bonchev–Trinajstić information content (AvgIpc) is 2.40. The van der Waals surface area contributed by atoms with E-state index in [0.29, 0.717) is 31.9 Å². The highest BCUT2D eigenvalue weighted by atomic mass is 32.2. The lowest BCUT2D eigenvalue weighted by molar-refractivity contribution is 0.362. The van der Waals surface area contributed by atoms with Crippen LogP contribution in [-0.4, -0.2) is 45.2 Å². The van der Waals surface area contributed by atoms with E-state index >= 15 is 0 Å². The third-order valence-corrected chi connectivity index (χ3v) is 5.08. The van der Waals surface area contributed by atoms with Gasteiger partial charge in [0.1, 0.15) is 0 Å². The molecule has 0 atom stereocenters. The van der Waals surface area contributed by atoms with Gasteiger partial charge < -0.3 is 5.32 Å². The van der Waals surface area contributed by atoms with E-state index in [9.17, 15) is 8.42 Å². The number of rotatable bonds is 4. The van der Waals surface area contributed by atoms with Gasteiger partial charge in [-0.1, -0.05) is 12.1 Å². The molecule has 1 aromatic rings. The monoisotopic (exact) mass is 287 g/mol. The molecule has 0 aromatic heterocycles. The van der Waals surface area contributed by atoms with Crippen LogP contribution in [0.3, 0.4) is 0 Å². The molecule has 0 amide bonds. The van der Waals surface area contributed by atoms with Crippen molar-refractivity contribution in [3.8, 4) is 0 Å². The Hall–Kier alpha value is -0.760. The lowest BCUT2D eigenvalue weighted by atomic mass is 10.3. The standard InChI is InChI=1S/C11H17N3O2S2/c1-17-11-5-3-2-4-10(11)13-18(15,16)14-8-6-12-7-9-14/h2-5,12-13H,6-9H2,1H3. The fourth-order valence-electron chi connectivity index (χ4n) is 1.82. The van der Waals surface area contributed by atoms with E-state index < -0.39 is 10.2 Å². The normalized spacial score (nSPS) is 17.6. The van der Waals surface area contributed by atoms with E-state index in [2.05, 4.69) is 10.0 Å². The molecule has 18 heavy (non-hydrogen) atoms. The Morgan fingerprint density at radius 1 is 1.28 bits per heavy atom. The zero-order chi connectivity index (χ0) is 13.0. The molecule has 2 rings (SSSR count). The summed E-state index contributed by atoms with van der Waals surface area (Å²) >= 11 is 1.52. The lowest BCUT2D eigenvalue weighted by Crippen LogP contribution is -2.48. The summed E-state index contributed by atoms with van der Waals surface area (Å²) in [6.07, 6.45) is 1.93. The highest BCUT2D eigenvalue weighted by Gasteiger charge is 2.24. The van der Waals surface area contributed by atoms with Gasteiger partial charge in [0, 0.05) is 31.1 Å². The fourth-order valence-corrected chi connectivity index (χ4v) is 3.68. The second-order valence-electron chi connectivity index (χ2n) is 3.96. The quantitative estimate of drug-likeness (QED) is 0.810. The number of hydrogen-bond acceptors (Lipinski definition) is 4. The molecule has 0 saturated carbocycles. The molecule has 1 aliphatic heterocycles. The maximum absolute atomic E-state index is 12.2.